The first-order chi connectivity index (χ1) is 10.0. The Labute approximate surface area is 131 Å². The maximum Gasteiger partial charge on any atom is 0.335 e. The predicted molar refractivity (Wildman–Crippen MR) is 83.5 cm³/mol. The predicted octanol–water partition coefficient (Wildman–Crippen LogP) is 4.51. The van der Waals surface area contributed by atoms with Crippen molar-refractivity contribution in [2.75, 3.05) is 7.11 Å². The summed E-state index contributed by atoms with van der Waals surface area (Å²) in [6.07, 6.45) is 0.910. The number of carbonyl (C=O) groups is 1. The fourth-order valence-corrected chi connectivity index (χ4v) is 2.31. The van der Waals surface area contributed by atoms with Gasteiger partial charge in [-0.25, -0.2) is 4.79 Å². The van der Waals surface area contributed by atoms with Gasteiger partial charge in [-0.2, -0.15) is 0 Å². The second-order valence-corrected chi connectivity index (χ2v) is 5.25. The molecule has 0 bridgehead atoms. The molecule has 110 valence electrons. The number of halogens is 1. The van der Waals surface area contributed by atoms with Gasteiger partial charge in [-0.15, -0.1) is 0 Å². The van der Waals surface area contributed by atoms with Crippen LogP contribution < -0.4 is 9.47 Å². The highest BCUT2D eigenvalue weighted by atomic mass is 79.9. The van der Waals surface area contributed by atoms with Crippen LogP contribution in [0.4, 0.5) is 0 Å². The molecule has 2 aromatic rings. The van der Waals surface area contributed by atoms with E-state index in [2.05, 4.69) is 22.9 Å². The molecule has 0 spiro atoms. The minimum absolute atomic E-state index is 0.197. The number of carboxylic acid groups (broad SMARTS) is 1. The minimum atomic E-state index is -0.980. The van der Waals surface area contributed by atoms with E-state index in [4.69, 9.17) is 14.6 Å². The fraction of sp³-hybridized carbons (Fsp3) is 0.188. The van der Waals surface area contributed by atoms with Crippen molar-refractivity contribution in [1.29, 1.82) is 0 Å². The Morgan fingerprint density at radius 1 is 1.14 bits per heavy atom. The van der Waals surface area contributed by atoms with Crippen LogP contribution in [0.1, 0.15) is 22.8 Å². The molecule has 0 aliphatic carbocycles. The lowest BCUT2D eigenvalue weighted by atomic mass is 10.1. The zero-order chi connectivity index (χ0) is 15.4. The smallest absolute Gasteiger partial charge is 0.335 e. The Morgan fingerprint density at radius 3 is 2.43 bits per heavy atom. The lowest BCUT2D eigenvalue weighted by molar-refractivity contribution is 0.0697. The van der Waals surface area contributed by atoms with Crippen molar-refractivity contribution in [3.8, 4) is 17.2 Å². The van der Waals surface area contributed by atoms with Crippen molar-refractivity contribution in [3.63, 3.8) is 0 Å². The molecule has 0 amide bonds. The highest BCUT2D eigenvalue weighted by molar-refractivity contribution is 9.10. The summed E-state index contributed by atoms with van der Waals surface area (Å²) in [7, 11) is 1.59. The van der Waals surface area contributed by atoms with Crippen molar-refractivity contribution in [3.05, 3.63) is 52.0 Å². The molecule has 0 fully saturated rings. The van der Waals surface area contributed by atoms with Gasteiger partial charge in [-0.1, -0.05) is 13.0 Å². The topological polar surface area (TPSA) is 55.8 Å². The number of methoxy groups -OCH3 is 1. The summed E-state index contributed by atoms with van der Waals surface area (Å²) in [5.41, 5.74) is 1.35. The molecule has 0 unspecified atom stereocenters. The quantitative estimate of drug-likeness (QED) is 0.861. The number of hydrogen-bond acceptors (Lipinski definition) is 3. The summed E-state index contributed by atoms with van der Waals surface area (Å²) in [4.78, 5) is 10.9. The van der Waals surface area contributed by atoms with E-state index in [9.17, 15) is 4.79 Å². The van der Waals surface area contributed by atoms with Crippen molar-refractivity contribution in [2.24, 2.45) is 0 Å². The van der Waals surface area contributed by atoms with Crippen LogP contribution in [0.15, 0.2) is 40.9 Å². The molecular formula is C16H15BrO4. The number of carboxylic acids is 1. The van der Waals surface area contributed by atoms with Gasteiger partial charge in [0.05, 0.1) is 17.1 Å². The molecule has 0 atom stereocenters. The van der Waals surface area contributed by atoms with Crippen LogP contribution in [0.25, 0.3) is 0 Å². The molecule has 0 aliphatic rings. The molecule has 2 aromatic carbocycles. The molecule has 0 aromatic heterocycles. The molecule has 21 heavy (non-hydrogen) atoms. The van der Waals surface area contributed by atoms with E-state index < -0.39 is 5.97 Å². The first kappa shape index (κ1) is 15.4. The van der Waals surface area contributed by atoms with Crippen LogP contribution in [0, 0.1) is 0 Å². The van der Waals surface area contributed by atoms with E-state index in [0.717, 1.165) is 12.0 Å². The fourth-order valence-electron chi connectivity index (χ4n) is 1.85. The third-order valence-corrected chi connectivity index (χ3v) is 3.65. The molecule has 1 N–H and O–H groups in total. The molecule has 0 radical (unpaired) electrons. The van der Waals surface area contributed by atoms with Gasteiger partial charge in [-0.05, 0) is 58.2 Å². The maximum atomic E-state index is 10.9. The van der Waals surface area contributed by atoms with Gasteiger partial charge in [0.25, 0.3) is 0 Å². The number of aryl methyl sites for hydroxylation is 1. The summed E-state index contributed by atoms with van der Waals surface area (Å²) in [5.74, 6) is 0.775. The van der Waals surface area contributed by atoms with Gasteiger partial charge < -0.3 is 14.6 Å². The third-order valence-electron chi connectivity index (χ3n) is 3.04. The Bertz CT molecular complexity index is 667. The van der Waals surface area contributed by atoms with Crippen LogP contribution in [0.5, 0.6) is 17.2 Å². The second-order valence-electron chi connectivity index (χ2n) is 4.39. The van der Waals surface area contributed by atoms with Gasteiger partial charge in [0, 0.05) is 0 Å². The van der Waals surface area contributed by atoms with Gasteiger partial charge in [0.1, 0.15) is 5.75 Å². The van der Waals surface area contributed by atoms with E-state index in [1.807, 2.05) is 18.2 Å². The number of aromatic carboxylic acids is 1. The average Bonchev–Trinajstić information content (AvgIpc) is 2.49. The largest absolute Gasteiger partial charge is 0.493 e. The maximum absolute atomic E-state index is 10.9. The van der Waals surface area contributed by atoms with Crippen molar-refractivity contribution in [2.45, 2.75) is 13.3 Å². The van der Waals surface area contributed by atoms with Crippen LogP contribution in [0.2, 0.25) is 0 Å². The van der Waals surface area contributed by atoms with Crippen LogP contribution in [0.3, 0.4) is 0 Å². The van der Waals surface area contributed by atoms with E-state index in [-0.39, 0.29) is 5.56 Å². The van der Waals surface area contributed by atoms with E-state index in [1.165, 1.54) is 12.1 Å². The average molecular weight is 351 g/mol. The second kappa shape index (κ2) is 6.63. The van der Waals surface area contributed by atoms with Gasteiger partial charge in [0.15, 0.2) is 11.5 Å². The molecule has 0 aliphatic heterocycles. The van der Waals surface area contributed by atoms with E-state index in [1.54, 1.807) is 13.2 Å². The molecule has 0 heterocycles. The monoisotopic (exact) mass is 350 g/mol. The summed E-state index contributed by atoms with van der Waals surface area (Å²) in [6, 6.07) is 10.3. The van der Waals surface area contributed by atoms with E-state index in [0.29, 0.717) is 21.7 Å². The normalized spacial score (nSPS) is 10.2. The lowest BCUT2D eigenvalue weighted by Gasteiger charge is -2.13. The number of benzene rings is 2. The summed E-state index contributed by atoms with van der Waals surface area (Å²) < 4.78 is 11.7. The summed E-state index contributed by atoms with van der Waals surface area (Å²) in [5, 5.41) is 8.95. The first-order valence-corrected chi connectivity index (χ1v) is 7.22. The van der Waals surface area contributed by atoms with Gasteiger partial charge in [-0.3, -0.25) is 0 Å². The molecular weight excluding hydrogens is 336 g/mol. The zero-order valence-corrected chi connectivity index (χ0v) is 13.3. The van der Waals surface area contributed by atoms with Crippen molar-refractivity contribution >= 4 is 21.9 Å². The Hall–Kier alpha value is -2.01. The highest BCUT2D eigenvalue weighted by Crippen LogP contribution is 2.36. The van der Waals surface area contributed by atoms with Gasteiger partial charge in [0.2, 0.25) is 0 Å². The molecule has 5 heteroatoms. The Balaban J connectivity index is 2.32. The van der Waals surface area contributed by atoms with Crippen molar-refractivity contribution < 1.29 is 19.4 Å². The molecule has 4 nitrogen and oxygen atoms in total. The molecule has 0 saturated heterocycles. The number of hydrogen-bond donors (Lipinski definition) is 1. The van der Waals surface area contributed by atoms with Gasteiger partial charge >= 0.3 is 5.97 Å². The lowest BCUT2D eigenvalue weighted by Crippen LogP contribution is -1.97. The summed E-state index contributed by atoms with van der Waals surface area (Å²) in [6.45, 7) is 2.07. The number of ether oxygens (including phenoxy) is 2. The Morgan fingerprint density at radius 2 is 1.86 bits per heavy atom. The third kappa shape index (κ3) is 3.55. The van der Waals surface area contributed by atoms with Crippen LogP contribution in [-0.2, 0) is 6.42 Å². The first-order valence-electron chi connectivity index (χ1n) is 6.42. The Kier molecular flexibility index (Phi) is 4.85. The minimum Gasteiger partial charge on any atom is -0.493 e. The molecule has 0 saturated carbocycles. The SMILES string of the molecule is CCc1ccc(Oc2ccc(C(=O)O)cc2Br)c(OC)c1. The van der Waals surface area contributed by atoms with E-state index >= 15 is 0 Å². The highest BCUT2D eigenvalue weighted by Gasteiger charge is 2.11. The van der Waals surface area contributed by atoms with Crippen LogP contribution >= 0.6 is 15.9 Å². The summed E-state index contributed by atoms with van der Waals surface area (Å²) >= 11 is 3.32. The standard InChI is InChI=1S/C16H15BrO4/c1-3-10-4-6-14(15(8-10)20-2)21-13-7-5-11(16(18)19)9-12(13)17/h4-9H,3H2,1-2H3,(H,18,19). The van der Waals surface area contributed by atoms with Crippen LogP contribution in [-0.4, -0.2) is 18.2 Å². The van der Waals surface area contributed by atoms with Crippen molar-refractivity contribution in [1.82, 2.24) is 0 Å². The number of rotatable bonds is 5. The molecule has 2 rings (SSSR count). The zero-order valence-electron chi connectivity index (χ0n) is 11.7.